The van der Waals surface area contributed by atoms with Crippen LogP contribution in [-0.2, 0) is 0 Å². The minimum Gasteiger partial charge on any atom is -0.383 e. The zero-order valence-electron chi connectivity index (χ0n) is 13.1. The van der Waals surface area contributed by atoms with E-state index in [1.165, 1.54) is 6.07 Å². The molecule has 0 bridgehead atoms. The van der Waals surface area contributed by atoms with E-state index in [0.717, 1.165) is 11.1 Å². The van der Waals surface area contributed by atoms with Crippen molar-refractivity contribution in [2.24, 2.45) is 5.73 Å². The van der Waals surface area contributed by atoms with Crippen molar-refractivity contribution < 1.29 is 9.18 Å². The molecule has 1 aromatic heterocycles. The minimum atomic E-state index is -0.497. The number of aromatic nitrogens is 1. The van der Waals surface area contributed by atoms with Gasteiger partial charge in [-0.05, 0) is 42.8 Å². The predicted molar refractivity (Wildman–Crippen MR) is 92.7 cm³/mol. The lowest BCUT2D eigenvalue weighted by Gasteiger charge is -2.10. The first-order chi connectivity index (χ1) is 11.5. The van der Waals surface area contributed by atoms with Crippen LogP contribution in [0.2, 0.25) is 0 Å². The summed E-state index contributed by atoms with van der Waals surface area (Å²) in [6, 6.07) is 13.4. The molecule has 0 spiro atoms. The van der Waals surface area contributed by atoms with E-state index in [2.05, 4.69) is 4.98 Å². The van der Waals surface area contributed by atoms with Crippen LogP contribution in [0, 0.1) is 12.7 Å². The summed E-state index contributed by atoms with van der Waals surface area (Å²) in [5.41, 5.74) is 15.1. The molecule has 1 amide bonds. The molecule has 4 nitrogen and oxygen atoms in total. The van der Waals surface area contributed by atoms with Crippen LogP contribution in [0.25, 0.3) is 22.3 Å². The van der Waals surface area contributed by atoms with Gasteiger partial charge in [0.15, 0.2) is 0 Å². The largest absolute Gasteiger partial charge is 0.383 e. The molecule has 0 saturated carbocycles. The van der Waals surface area contributed by atoms with Crippen molar-refractivity contribution in [2.45, 2.75) is 6.92 Å². The Bertz CT molecular complexity index is 920. The SMILES string of the molecule is Cc1ccc(F)c(-c2cnc(N)c(-c3ccc(C(N)=O)cc3)c2)c1. The van der Waals surface area contributed by atoms with Crippen LogP contribution >= 0.6 is 0 Å². The number of hydrogen-bond acceptors (Lipinski definition) is 3. The Morgan fingerprint density at radius 3 is 2.38 bits per heavy atom. The predicted octanol–water partition coefficient (Wildman–Crippen LogP) is 3.54. The molecule has 3 aromatic rings. The van der Waals surface area contributed by atoms with E-state index in [4.69, 9.17) is 11.5 Å². The fourth-order valence-electron chi connectivity index (χ4n) is 2.53. The molecule has 3 rings (SSSR count). The van der Waals surface area contributed by atoms with E-state index < -0.39 is 5.91 Å². The molecule has 0 unspecified atom stereocenters. The minimum absolute atomic E-state index is 0.317. The van der Waals surface area contributed by atoms with Crippen LogP contribution in [0.15, 0.2) is 54.7 Å². The second-order valence-electron chi connectivity index (χ2n) is 5.58. The van der Waals surface area contributed by atoms with E-state index in [9.17, 15) is 9.18 Å². The Labute approximate surface area is 139 Å². The Morgan fingerprint density at radius 2 is 1.71 bits per heavy atom. The zero-order chi connectivity index (χ0) is 17.3. The Hall–Kier alpha value is -3.21. The lowest BCUT2D eigenvalue weighted by molar-refractivity contribution is 0.100. The fourth-order valence-corrected chi connectivity index (χ4v) is 2.53. The molecular formula is C19H16FN3O. The lowest BCUT2D eigenvalue weighted by atomic mass is 9.99. The second kappa shape index (κ2) is 6.12. The normalized spacial score (nSPS) is 10.6. The maximum absolute atomic E-state index is 14.1. The standard InChI is InChI=1S/C19H16FN3O/c1-11-2-7-17(20)15(8-11)14-9-16(18(21)23-10-14)12-3-5-13(6-4-12)19(22)24/h2-10H,1H3,(H2,21,23)(H2,22,24). The van der Waals surface area contributed by atoms with E-state index >= 15 is 0 Å². The lowest BCUT2D eigenvalue weighted by Crippen LogP contribution is -2.10. The number of rotatable bonds is 3. The van der Waals surface area contributed by atoms with E-state index in [0.29, 0.717) is 28.1 Å². The third-order valence-corrected chi connectivity index (χ3v) is 3.83. The summed E-state index contributed by atoms with van der Waals surface area (Å²) in [7, 11) is 0. The topological polar surface area (TPSA) is 82.0 Å². The van der Waals surface area contributed by atoms with Gasteiger partial charge in [-0.15, -0.1) is 0 Å². The van der Waals surface area contributed by atoms with Crippen molar-refractivity contribution in [1.82, 2.24) is 4.98 Å². The van der Waals surface area contributed by atoms with Crippen LogP contribution in [-0.4, -0.2) is 10.9 Å². The van der Waals surface area contributed by atoms with Gasteiger partial charge in [0.05, 0.1) is 0 Å². The molecule has 0 radical (unpaired) electrons. The number of amides is 1. The van der Waals surface area contributed by atoms with Gasteiger partial charge in [0.2, 0.25) is 5.91 Å². The van der Waals surface area contributed by atoms with Crippen molar-refractivity contribution in [1.29, 1.82) is 0 Å². The Balaban J connectivity index is 2.09. The van der Waals surface area contributed by atoms with Gasteiger partial charge in [-0.25, -0.2) is 9.37 Å². The zero-order valence-corrected chi connectivity index (χ0v) is 13.1. The van der Waals surface area contributed by atoms with Crippen molar-refractivity contribution in [3.8, 4) is 22.3 Å². The third kappa shape index (κ3) is 2.96. The highest BCUT2D eigenvalue weighted by Crippen LogP contribution is 2.31. The molecule has 0 aliphatic heterocycles. The molecule has 2 aromatic carbocycles. The number of carbonyl (C=O) groups excluding carboxylic acids is 1. The maximum Gasteiger partial charge on any atom is 0.248 e. The van der Waals surface area contributed by atoms with Gasteiger partial charge in [0, 0.05) is 28.5 Å². The number of hydrogen-bond donors (Lipinski definition) is 2. The summed E-state index contributed by atoms with van der Waals surface area (Å²) in [6.07, 6.45) is 1.55. The molecule has 4 N–H and O–H groups in total. The first kappa shape index (κ1) is 15.7. The number of pyridine rings is 1. The quantitative estimate of drug-likeness (QED) is 0.774. The maximum atomic E-state index is 14.1. The van der Waals surface area contributed by atoms with Gasteiger partial charge in [-0.1, -0.05) is 23.8 Å². The van der Waals surface area contributed by atoms with Crippen LogP contribution in [0.4, 0.5) is 10.2 Å². The Morgan fingerprint density at radius 1 is 1.00 bits per heavy atom. The van der Waals surface area contributed by atoms with E-state index in [-0.39, 0.29) is 5.82 Å². The van der Waals surface area contributed by atoms with Gasteiger partial charge < -0.3 is 11.5 Å². The highest BCUT2D eigenvalue weighted by atomic mass is 19.1. The molecule has 0 aliphatic carbocycles. The number of anilines is 1. The first-order valence-electron chi connectivity index (χ1n) is 7.38. The summed E-state index contributed by atoms with van der Waals surface area (Å²) in [5.74, 6) is -0.482. The number of halogens is 1. The summed E-state index contributed by atoms with van der Waals surface area (Å²) in [5, 5.41) is 0. The summed E-state index contributed by atoms with van der Waals surface area (Å²) >= 11 is 0. The number of aryl methyl sites for hydroxylation is 1. The summed E-state index contributed by atoms with van der Waals surface area (Å²) < 4.78 is 14.1. The second-order valence-corrected chi connectivity index (χ2v) is 5.58. The highest BCUT2D eigenvalue weighted by molar-refractivity contribution is 5.93. The number of nitrogen functional groups attached to an aromatic ring is 1. The van der Waals surface area contributed by atoms with Gasteiger partial charge in [0.1, 0.15) is 11.6 Å². The van der Waals surface area contributed by atoms with Gasteiger partial charge in [0.25, 0.3) is 0 Å². The average molecular weight is 321 g/mol. The van der Waals surface area contributed by atoms with Crippen molar-refractivity contribution in [3.63, 3.8) is 0 Å². The van der Waals surface area contributed by atoms with Crippen LogP contribution in [0.1, 0.15) is 15.9 Å². The molecule has 120 valence electrons. The van der Waals surface area contributed by atoms with E-state index in [1.807, 2.05) is 6.92 Å². The number of carbonyl (C=O) groups is 1. The number of nitrogens with zero attached hydrogens (tertiary/aromatic N) is 1. The van der Waals surface area contributed by atoms with Crippen molar-refractivity contribution >= 4 is 11.7 Å². The molecule has 0 fully saturated rings. The molecule has 0 aliphatic rings. The molecule has 1 heterocycles. The van der Waals surface area contributed by atoms with Gasteiger partial charge in [-0.2, -0.15) is 0 Å². The molecule has 24 heavy (non-hydrogen) atoms. The molecule has 5 heteroatoms. The average Bonchev–Trinajstić information content (AvgIpc) is 2.58. The van der Waals surface area contributed by atoms with Crippen molar-refractivity contribution in [2.75, 3.05) is 5.73 Å². The smallest absolute Gasteiger partial charge is 0.248 e. The molecular weight excluding hydrogens is 305 g/mol. The highest BCUT2D eigenvalue weighted by Gasteiger charge is 2.11. The van der Waals surface area contributed by atoms with Gasteiger partial charge >= 0.3 is 0 Å². The third-order valence-electron chi connectivity index (χ3n) is 3.83. The molecule has 0 atom stereocenters. The van der Waals surface area contributed by atoms with Crippen LogP contribution < -0.4 is 11.5 Å². The summed E-state index contributed by atoms with van der Waals surface area (Å²) in [6.45, 7) is 1.90. The first-order valence-corrected chi connectivity index (χ1v) is 7.38. The van der Waals surface area contributed by atoms with Crippen LogP contribution in [0.5, 0.6) is 0 Å². The van der Waals surface area contributed by atoms with Gasteiger partial charge in [-0.3, -0.25) is 4.79 Å². The van der Waals surface area contributed by atoms with E-state index in [1.54, 1.807) is 48.7 Å². The summed E-state index contributed by atoms with van der Waals surface area (Å²) in [4.78, 5) is 15.3. The van der Waals surface area contributed by atoms with Crippen molar-refractivity contribution in [3.05, 3.63) is 71.7 Å². The number of benzene rings is 2. The number of primary amides is 1. The Kier molecular flexibility index (Phi) is 4.00. The van der Waals surface area contributed by atoms with Crippen LogP contribution in [0.3, 0.4) is 0 Å². The monoisotopic (exact) mass is 321 g/mol. The molecule has 0 saturated heterocycles. The fraction of sp³-hybridized carbons (Fsp3) is 0.0526. The number of nitrogens with two attached hydrogens (primary N) is 2.